The van der Waals surface area contributed by atoms with Crippen molar-refractivity contribution >= 4 is 5.69 Å². The van der Waals surface area contributed by atoms with E-state index in [1.54, 1.807) is 31.2 Å². The average molecular weight is 288 g/mol. The van der Waals surface area contributed by atoms with Crippen molar-refractivity contribution < 1.29 is 14.8 Å². The fourth-order valence-electron chi connectivity index (χ4n) is 1.89. The van der Waals surface area contributed by atoms with E-state index < -0.39 is 11.0 Å². The molecular weight excluding hydrogens is 272 g/mol. The standard InChI is InChI=1S/C15H16N2O4/c1-3-14(18)12-8-7-11(9-16-12)21-15-10(2)5-4-6-13(15)17(19)20/h4-9,14,18H,3H2,1-2H3/t14-/m1/s1. The largest absolute Gasteiger partial charge is 0.448 e. The van der Waals surface area contributed by atoms with E-state index in [0.717, 1.165) is 0 Å². The summed E-state index contributed by atoms with van der Waals surface area (Å²) in [6, 6.07) is 8.03. The maximum absolute atomic E-state index is 11.0. The smallest absolute Gasteiger partial charge is 0.311 e. The average Bonchev–Trinajstić information content (AvgIpc) is 2.49. The van der Waals surface area contributed by atoms with Crippen LogP contribution in [0.15, 0.2) is 36.5 Å². The van der Waals surface area contributed by atoms with E-state index in [2.05, 4.69) is 4.98 Å². The number of pyridine rings is 1. The minimum Gasteiger partial charge on any atom is -0.448 e. The summed E-state index contributed by atoms with van der Waals surface area (Å²) in [6.07, 6.45) is 1.40. The van der Waals surface area contributed by atoms with Gasteiger partial charge in [0.25, 0.3) is 0 Å². The molecule has 0 bridgehead atoms. The zero-order valence-electron chi connectivity index (χ0n) is 11.8. The third-order valence-corrected chi connectivity index (χ3v) is 3.10. The number of para-hydroxylation sites is 1. The van der Waals surface area contributed by atoms with Crippen LogP contribution in [0.4, 0.5) is 5.69 Å². The normalized spacial score (nSPS) is 12.0. The van der Waals surface area contributed by atoms with Crippen molar-refractivity contribution in [1.29, 1.82) is 0 Å². The molecular formula is C15H16N2O4. The molecule has 0 aliphatic heterocycles. The van der Waals surface area contributed by atoms with E-state index in [4.69, 9.17) is 4.74 Å². The van der Waals surface area contributed by atoms with Crippen LogP contribution in [0.3, 0.4) is 0 Å². The maximum atomic E-state index is 11.0. The van der Waals surface area contributed by atoms with E-state index in [-0.39, 0.29) is 11.4 Å². The molecule has 0 aliphatic rings. The topological polar surface area (TPSA) is 85.5 Å². The highest BCUT2D eigenvalue weighted by Gasteiger charge is 2.18. The summed E-state index contributed by atoms with van der Waals surface area (Å²) < 4.78 is 5.58. The predicted octanol–water partition coefficient (Wildman–Crippen LogP) is 3.53. The molecule has 0 unspecified atom stereocenters. The second-order valence-corrected chi connectivity index (χ2v) is 4.63. The van der Waals surface area contributed by atoms with E-state index in [9.17, 15) is 15.2 Å². The van der Waals surface area contributed by atoms with Gasteiger partial charge in [-0.2, -0.15) is 0 Å². The summed E-state index contributed by atoms with van der Waals surface area (Å²) in [5.74, 6) is 0.590. The number of nitrogens with zero attached hydrogens (tertiary/aromatic N) is 2. The maximum Gasteiger partial charge on any atom is 0.311 e. The van der Waals surface area contributed by atoms with Crippen LogP contribution >= 0.6 is 0 Å². The van der Waals surface area contributed by atoms with Crippen molar-refractivity contribution in [3.05, 3.63) is 57.9 Å². The lowest BCUT2D eigenvalue weighted by Crippen LogP contribution is -1.99. The van der Waals surface area contributed by atoms with E-state index in [1.165, 1.54) is 12.3 Å². The molecule has 0 radical (unpaired) electrons. The molecule has 1 aromatic heterocycles. The number of aromatic nitrogens is 1. The third-order valence-electron chi connectivity index (χ3n) is 3.10. The highest BCUT2D eigenvalue weighted by molar-refractivity contribution is 5.52. The zero-order valence-corrected chi connectivity index (χ0v) is 11.8. The van der Waals surface area contributed by atoms with Gasteiger partial charge in [-0.15, -0.1) is 0 Å². The van der Waals surface area contributed by atoms with Crippen LogP contribution in [0.2, 0.25) is 0 Å². The summed E-state index contributed by atoms with van der Waals surface area (Å²) in [5.41, 5.74) is 1.12. The molecule has 1 N–H and O–H groups in total. The molecule has 0 saturated carbocycles. The number of aliphatic hydroxyl groups is 1. The quantitative estimate of drug-likeness (QED) is 0.672. The van der Waals surface area contributed by atoms with Crippen molar-refractivity contribution in [3.63, 3.8) is 0 Å². The Balaban J connectivity index is 2.28. The second-order valence-electron chi connectivity index (χ2n) is 4.63. The van der Waals surface area contributed by atoms with Gasteiger partial charge in [-0.1, -0.05) is 19.1 Å². The Hall–Kier alpha value is -2.47. The number of hydrogen-bond acceptors (Lipinski definition) is 5. The monoisotopic (exact) mass is 288 g/mol. The number of nitro benzene ring substituents is 1. The van der Waals surface area contributed by atoms with E-state index in [0.29, 0.717) is 23.4 Å². The van der Waals surface area contributed by atoms with Gasteiger partial charge in [-0.3, -0.25) is 15.1 Å². The lowest BCUT2D eigenvalue weighted by Gasteiger charge is -2.10. The zero-order chi connectivity index (χ0) is 15.4. The van der Waals surface area contributed by atoms with Crippen molar-refractivity contribution in [3.8, 4) is 11.5 Å². The number of rotatable bonds is 5. The van der Waals surface area contributed by atoms with Gasteiger partial charge in [0, 0.05) is 6.07 Å². The Morgan fingerprint density at radius 2 is 2.14 bits per heavy atom. The predicted molar refractivity (Wildman–Crippen MR) is 77.4 cm³/mol. The Morgan fingerprint density at radius 1 is 1.38 bits per heavy atom. The number of aryl methyl sites for hydroxylation is 1. The molecule has 6 heteroatoms. The van der Waals surface area contributed by atoms with Crippen LogP contribution in [0, 0.1) is 17.0 Å². The molecule has 0 amide bonds. The SMILES string of the molecule is CC[C@@H](O)c1ccc(Oc2c(C)cccc2[N+](=O)[O-])cn1. The van der Waals surface area contributed by atoms with Gasteiger partial charge < -0.3 is 9.84 Å². The Labute approximate surface area is 122 Å². The minimum absolute atomic E-state index is 0.0901. The van der Waals surface area contributed by atoms with Crippen LogP contribution in [0.1, 0.15) is 30.7 Å². The second kappa shape index (κ2) is 6.32. The third kappa shape index (κ3) is 3.35. The summed E-state index contributed by atoms with van der Waals surface area (Å²) in [5, 5.41) is 20.7. The molecule has 0 aliphatic carbocycles. The Kier molecular flexibility index (Phi) is 4.49. The number of nitro groups is 1. The number of hydrogen-bond donors (Lipinski definition) is 1. The first-order valence-electron chi connectivity index (χ1n) is 6.58. The van der Waals surface area contributed by atoms with Gasteiger partial charge in [0.2, 0.25) is 5.75 Å². The van der Waals surface area contributed by atoms with Crippen molar-refractivity contribution in [1.82, 2.24) is 4.98 Å². The number of ether oxygens (including phenoxy) is 1. The summed E-state index contributed by atoms with van der Waals surface area (Å²) in [6.45, 7) is 3.60. The van der Waals surface area contributed by atoms with E-state index >= 15 is 0 Å². The highest BCUT2D eigenvalue weighted by Crippen LogP contribution is 2.34. The Bertz CT molecular complexity index is 641. The fraction of sp³-hybridized carbons (Fsp3) is 0.267. The van der Waals surface area contributed by atoms with Crippen LogP contribution in [-0.4, -0.2) is 15.0 Å². The summed E-state index contributed by atoms with van der Waals surface area (Å²) in [4.78, 5) is 14.6. The molecule has 0 spiro atoms. The first kappa shape index (κ1) is 14.9. The molecule has 0 saturated heterocycles. The molecule has 2 aromatic rings. The molecule has 0 fully saturated rings. The first-order valence-corrected chi connectivity index (χ1v) is 6.58. The molecule has 2 rings (SSSR count). The Morgan fingerprint density at radius 3 is 2.71 bits per heavy atom. The molecule has 6 nitrogen and oxygen atoms in total. The number of aliphatic hydroxyl groups excluding tert-OH is 1. The fourth-order valence-corrected chi connectivity index (χ4v) is 1.89. The van der Waals surface area contributed by atoms with Crippen molar-refractivity contribution in [2.75, 3.05) is 0 Å². The van der Waals surface area contributed by atoms with Gasteiger partial charge in [-0.25, -0.2) is 0 Å². The van der Waals surface area contributed by atoms with Crippen molar-refractivity contribution in [2.24, 2.45) is 0 Å². The first-order chi connectivity index (χ1) is 10.0. The van der Waals surface area contributed by atoms with Crippen LogP contribution in [0.25, 0.3) is 0 Å². The lowest BCUT2D eigenvalue weighted by atomic mass is 10.2. The highest BCUT2D eigenvalue weighted by atomic mass is 16.6. The summed E-state index contributed by atoms with van der Waals surface area (Å²) >= 11 is 0. The van der Waals surface area contributed by atoms with Crippen LogP contribution in [-0.2, 0) is 0 Å². The van der Waals surface area contributed by atoms with E-state index in [1.807, 2.05) is 6.92 Å². The van der Waals surface area contributed by atoms with Gasteiger partial charge in [-0.05, 0) is 31.0 Å². The lowest BCUT2D eigenvalue weighted by molar-refractivity contribution is -0.385. The molecule has 1 heterocycles. The van der Waals surface area contributed by atoms with Gasteiger partial charge in [0.15, 0.2) is 0 Å². The molecule has 110 valence electrons. The molecule has 21 heavy (non-hydrogen) atoms. The van der Waals surface area contributed by atoms with Gasteiger partial charge in [0.1, 0.15) is 5.75 Å². The number of benzene rings is 1. The van der Waals surface area contributed by atoms with Crippen LogP contribution < -0.4 is 4.74 Å². The van der Waals surface area contributed by atoms with Crippen LogP contribution in [0.5, 0.6) is 11.5 Å². The molecule has 1 aromatic carbocycles. The summed E-state index contributed by atoms with van der Waals surface area (Å²) in [7, 11) is 0. The van der Waals surface area contributed by atoms with Crippen molar-refractivity contribution in [2.45, 2.75) is 26.4 Å². The van der Waals surface area contributed by atoms with Gasteiger partial charge >= 0.3 is 5.69 Å². The molecule has 1 atom stereocenters. The van der Waals surface area contributed by atoms with Gasteiger partial charge in [0.05, 0.1) is 22.9 Å². The minimum atomic E-state index is -0.619.